The van der Waals surface area contributed by atoms with Gasteiger partial charge in [-0.3, -0.25) is 0 Å². The fourth-order valence-corrected chi connectivity index (χ4v) is 1.71. The smallest absolute Gasteiger partial charge is 0.125 e. The van der Waals surface area contributed by atoms with E-state index in [2.05, 4.69) is 32.0 Å². The first-order valence-electron chi connectivity index (χ1n) is 5.57. The molecule has 1 nitrogen and oxygen atoms in total. The molecule has 78 valence electrons. The van der Waals surface area contributed by atoms with Crippen molar-refractivity contribution in [3.63, 3.8) is 0 Å². The summed E-state index contributed by atoms with van der Waals surface area (Å²) < 4.78 is 5.71. The Hall–Kier alpha value is -0.980. The van der Waals surface area contributed by atoms with E-state index in [9.17, 15) is 0 Å². The van der Waals surface area contributed by atoms with E-state index in [0.29, 0.717) is 0 Å². The zero-order chi connectivity index (χ0) is 10.4. The van der Waals surface area contributed by atoms with Crippen molar-refractivity contribution in [1.82, 2.24) is 0 Å². The van der Waals surface area contributed by atoms with Gasteiger partial charge in [-0.15, -0.1) is 0 Å². The van der Waals surface area contributed by atoms with E-state index in [0.717, 1.165) is 25.2 Å². The molecule has 0 spiro atoms. The van der Waals surface area contributed by atoms with Crippen LogP contribution in [0, 0.1) is 0 Å². The van der Waals surface area contributed by atoms with E-state index in [4.69, 9.17) is 4.74 Å². The number of hydrogen-bond acceptors (Lipinski definition) is 1. The first kappa shape index (κ1) is 11.1. The van der Waals surface area contributed by atoms with E-state index >= 15 is 0 Å². The number of para-hydroxylation sites is 1. The third-order valence-corrected chi connectivity index (χ3v) is 2.37. The molecule has 0 saturated heterocycles. The van der Waals surface area contributed by atoms with Crippen LogP contribution in [0.5, 0.6) is 5.75 Å². The number of hydrogen-bond donors (Lipinski definition) is 0. The molecule has 0 radical (unpaired) electrons. The van der Waals surface area contributed by atoms with E-state index < -0.39 is 0 Å². The number of aryl methyl sites for hydroxylation is 2. The molecule has 0 aliphatic rings. The molecule has 0 aromatic heterocycles. The van der Waals surface area contributed by atoms with Gasteiger partial charge in [-0.2, -0.15) is 0 Å². The fraction of sp³-hybridized carbons (Fsp3) is 0.538. The van der Waals surface area contributed by atoms with Crippen LogP contribution in [-0.4, -0.2) is 6.61 Å². The van der Waals surface area contributed by atoms with E-state index in [1.54, 1.807) is 0 Å². The largest absolute Gasteiger partial charge is 0.493 e. The Balaban J connectivity index is 3.00. The molecule has 1 aromatic carbocycles. The second-order valence-electron chi connectivity index (χ2n) is 3.44. The van der Waals surface area contributed by atoms with Gasteiger partial charge in [0.15, 0.2) is 0 Å². The highest BCUT2D eigenvalue weighted by Crippen LogP contribution is 2.25. The lowest BCUT2D eigenvalue weighted by atomic mass is 10.0. The quantitative estimate of drug-likeness (QED) is 0.692. The Morgan fingerprint density at radius 3 is 2.36 bits per heavy atom. The highest BCUT2D eigenvalue weighted by Gasteiger charge is 2.06. The molecular formula is C13H20O. The van der Waals surface area contributed by atoms with Gasteiger partial charge in [0, 0.05) is 0 Å². The van der Waals surface area contributed by atoms with E-state index in [-0.39, 0.29) is 0 Å². The van der Waals surface area contributed by atoms with Crippen LogP contribution < -0.4 is 4.74 Å². The van der Waals surface area contributed by atoms with Crippen molar-refractivity contribution >= 4 is 0 Å². The lowest BCUT2D eigenvalue weighted by molar-refractivity contribution is 0.333. The summed E-state index contributed by atoms with van der Waals surface area (Å²) in [5.74, 6) is 1.12. The van der Waals surface area contributed by atoms with Gasteiger partial charge < -0.3 is 4.74 Å². The Bertz CT molecular complexity index is 279. The van der Waals surface area contributed by atoms with Gasteiger partial charge in [-0.25, -0.2) is 0 Å². The molecule has 0 amide bonds. The number of ether oxygens (including phenoxy) is 1. The molecule has 0 aliphatic heterocycles. The molecule has 0 fully saturated rings. The van der Waals surface area contributed by atoms with Crippen molar-refractivity contribution in [1.29, 1.82) is 0 Å². The second-order valence-corrected chi connectivity index (χ2v) is 3.44. The topological polar surface area (TPSA) is 9.23 Å². The first-order valence-corrected chi connectivity index (χ1v) is 5.57. The maximum atomic E-state index is 5.71. The minimum Gasteiger partial charge on any atom is -0.493 e. The van der Waals surface area contributed by atoms with Gasteiger partial charge in [0.25, 0.3) is 0 Å². The summed E-state index contributed by atoms with van der Waals surface area (Å²) in [4.78, 5) is 0. The van der Waals surface area contributed by atoms with Gasteiger partial charge in [0.1, 0.15) is 5.75 Å². The molecule has 1 aromatic rings. The zero-order valence-corrected chi connectivity index (χ0v) is 9.47. The SMILES string of the molecule is CCCc1cccc(CC)c1OCC. The monoisotopic (exact) mass is 192 g/mol. The molecule has 1 rings (SSSR count). The highest BCUT2D eigenvalue weighted by atomic mass is 16.5. The fourth-order valence-electron chi connectivity index (χ4n) is 1.71. The summed E-state index contributed by atoms with van der Waals surface area (Å²) in [6.45, 7) is 7.18. The lowest BCUT2D eigenvalue weighted by Crippen LogP contribution is -2.00. The van der Waals surface area contributed by atoms with Crippen molar-refractivity contribution in [3.05, 3.63) is 29.3 Å². The minimum atomic E-state index is 0.758. The molecule has 0 bridgehead atoms. The van der Waals surface area contributed by atoms with E-state index in [1.807, 2.05) is 6.92 Å². The van der Waals surface area contributed by atoms with Gasteiger partial charge in [-0.1, -0.05) is 38.5 Å². The summed E-state index contributed by atoms with van der Waals surface area (Å²) in [5.41, 5.74) is 2.69. The van der Waals surface area contributed by atoms with Crippen LogP contribution in [0.4, 0.5) is 0 Å². The predicted molar refractivity (Wildman–Crippen MR) is 61.0 cm³/mol. The number of benzene rings is 1. The van der Waals surface area contributed by atoms with Crippen LogP contribution in [0.25, 0.3) is 0 Å². The molecule has 0 aliphatic carbocycles. The zero-order valence-electron chi connectivity index (χ0n) is 9.47. The molecular weight excluding hydrogens is 172 g/mol. The van der Waals surface area contributed by atoms with Crippen LogP contribution >= 0.6 is 0 Å². The Kier molecular flexibility index (Phi) is 4.51. The average molecular weight is 192 g/mol. The Morgan fingerprint density at radius 2 is 1.79 bits per heavy atom. The normalized spacial score (nSPS) is 10.2. The maximum Gasteiger partial charge on any atom is 0.125 e. The summed E-state index contributed by atoms with van der Waals surface area (Å²) in [6.07, 6.45) is 3.34. The van der Waals surface area contributed by atoms with Crippen LogP contribution in [-0.2, 0) is 12.8 Å². The van der Waals surface area contributed by atoms with Gasteiger partial charge in [0.2, 0.25) is 0 Å². The first-order chi connectivity index (χ1) is 6.83. The molecule has 14 heavy (non-hydrogen) atoms. The van der Waals surface area contributed by atoms with Crippen LogP contribution in [0.2, 0.25) is 0 Å². The summed E-state index contributed by atoms with van der Waals surface area (Å²) in [7, 11) is 0. The van der Waals surface area contributed by atoms with E-state index in [1.165, 1.54) is 17.5 Å². The van der Waals surface area contributed by atoms with Crippen molar-refractivity contribution in [3.8, 4) is 5.75 Å². The molecule has 0 heterocycles. The lowest BCUT2D eigenvalue weighted by Gasteiger charge is -2.13. The number of rotatable bonds is 5. The predicted octanol–water partition coefficient (Wildman–Crippen LogP) is 3.60. The van der Waals surface area contributed by atoms with Crippen molar-refractivity contribution in [2.24, 2.45) is 0 Å². The Morgan fingerprint density at radius 1 is 1.07 bits per heavy atom. The maximum absolute atomic E-state index is 5.71. The molecule has 0 N–H and O–H groups in total. The summed E-state index contributed by atoms with van der Waals surface area (Å²) in [5, 5.41) is 0. The van der Waals surface area contributed by atoms with Gasteiger partial charge in [0.05, 0.1) is 6.61 Å². The third-order valence-electron chi connectivity index (χ3n) is 2.37. The molecule has 0 saturated carbocycles. The van der Waals surface area contributed by atoms with Crippen LogP contribution in [0.3, 0.4) is 0 Å². The van der Waals surface area contributed by atoms with Gasteiger partial charge >= 0.3 is 0 Å². The van der Waals surface area contributed by atoms with Crippen molar-refractivity contribution in [2.45, 2.75) is 40.0 Å². The highest BCUT2D eigenvalue weighted by molar-refractivity contribution is 5.41. The Labute approximate surface area is 87.1 Å². The van der Waals surface area contributed by atoms with Crippen LogP contribution in [0.15, 0.2) is 18.2 Å². The average Bonchev–Trinajstić information content (AvgIpc) is 2.21. The standard InChI is InChI=1S/C13H20O/c1-4-8-12-10-7-9-11(5-2)13(12)14-6-3/h7,9-10H,4-6,8H2,1-3H3. The molecule has 0 unspecified atom stereocenters. The van der Waals surface area contributed by atoms with Crippen LogP contribution in [0.1, 0.15) is 38.3 Å². The third kappa shape index (κ3) is 2.50. The minimum absolute atomic E-state index is 0.758. The summed E-state index contributed by atoms with van der Waals surface area (Å²) >= 11 is 0. The van der Waals surface area contributed by atoms with Gasteiger partial charge in [-0.05, 0) is 30.9 Å². The van der Waals surface area contributed by atoms with Crippen molar-refractivity contribution in [2.75, 3.05) is 6.61 Å². The summed E-state index contributed by atoms with van der Waals surface area (Å²) in [6, 6.07) is 6.46. The van der Waals surface area contributed by atoms with Crippen molar-refractivity contribution < 1.29 is 4.74 Å². The molecule has 1 heteroatoms. The second kappa shape index (κ2) is 5.69. The molecule has 0 atom stereocenters.